The molecular weight excluding hydrogens is 229 g/mol. The van der Waals surface area contributed by atoms with Crippen molar-refractivity contribution in [3.63, 3.8) is 0 Å². The van der Waals surface area contributed by atoms with Crippen LogP contribution in [0.2, 0.25) is 0 Å². The number of aromatic nitrogens is 1. The second-order valence-corrected chi connectivity index (χ2v) is 4.60. The first-order valence-corrected chi connectivity index (χ1v) is 5.69. The predicted molar refractivity (Wildman–Crippen MR) is 59.8 cm³/mol. The highest BCUT2D eigenvalue weighted by atomic mass is 19.4. The van der Waals surface area contributed by atoms with E-state index in [4.69, 9.17) is 0 Å². The first kappa shape index (κ1) is 12.2. The maximum atomic E-state index is 12.4. The van der Waals surface area contributed by atoms with Crippen molar-refractivity contribution in [3.05, 3.63) is 23.9 Å². The third-order valence-electron chi connectivity index (χ3n) is 3.51. The lowest BCUT2D eigenvalue weighted by molar-refractivity contribution is -0.137. The van der Waals surface area contributed by atoms with E-state index < -0.39 is 11.7 Å². The monoisotopic (exact) mass is 244 g/mol. The van der Waals surface area contributed by atoms with E-state index in [1.54, 1.807) is 0 Å². The molecule has 2 unspecified atom stereocenters. The molecule has 1 fully saturated rings. The molecule has 0 N–H and O–H groups in total. The Labute approximate surface area is 98.5 Å². The van der Waals surface area contributed by atoms with Crippen molar-refractivity contribution >= 4 is 5.82 Å². The van der Waals surface area contributed by atoms with Gasteiger partial charge in [-0.1, -0.05) is 6.92 Å². The van der Waals surface area contributed by atoms with Crippen molar-refractivity contribution in [3.8, 4) is 0 Å². The fourth-order valence-electron chi connectivity index (χ4n) is 2.14. The molecule has 1 saturated heterocycles. The number of anilines is 1. The lowest BCUT2D eigenvalue weighted by Gasteiger charge is -2.24. The van der Waals surface area contributed by atoms with Gasteiger partial charge >= 0.3 is 6.18 Å². The first-order chi connectivity index (χ1) is 7.89. The molecule has 17 heavy (non-hydrogen) atoms. The molecule has 2 nitrogen and oxygen atoms in total. The van der Waals surface area contributed by atoms with Gasteiger partial charge in [0.2, 0.25) is 0 Å². The van der Waals surface area contributed by atoms with E-state index in [1.807, 2.05) is 0 Å². The summed E-state index contributed by atoms with van der Waals surface area (Å²) in [5.74, 6) is 1.19. The van der Waals surface area contributed by atoms with E-state index in [0.29, 0.717) is 17.8 Å². The molecule has 5 heteroatoms. The van der Waals surface area contributed by atoms with E-state index in [0.717, 1.165) is 25.2 Å². The van der Waals surface area contributed by atoms with E-state index in [2.05, 4.69) is 23.7 Å². The van der Waals surface area contributed by atoms with E-state index in [1.165, 1.54) is 6.07 Å². The zero-order valence-electron chi connectivity index (χ0n) is 9.83. The van der Waals surface area contributed by atoms with E-state index in [-0.39, 0.29) is 0 Å². The second kappa shape index (κ2) is 4.20. The molecule has 0 aromatic carbocycles. The number of pyridine rings is 1. The molecule has 2 heterocycles. The molecule has 0 saturated carbocycles. The average Bonchev–Trinajstić information content (AvgIpc) is 2.59. The Morgan fingerprint density at radius 3 is 2.41 bits per heavy atom. The Morgan fingerprint density at radius 1 is 1.29 bits per heavy atom. The standard InChI is InChI=1S/C12H15F3N2/c1-8-5-6-17(9(8)2)11-4-3-10(7-16-11)12(13,14)15/h3-4,7-9H,5-6H2,1-2H3. The Morgan fingerprint density at radius 2 is 2.00 bits per heavy atom. The Kier molecular flexibility index (Phi) is 3.02. The zero-order chi connectivity index (χ0) is 12.6. The van der Waals surface area contributed by atoms with Gasteiger partial charge in [-0.25, -0.2) is 4.98 Å². The highest BCUT2D eigenvalue weighted by molar-refractivity contribution is 5.42. The average molecular weight is 244 g/mol. The van der Waals surface area contributed by atoms with E-state index >= 15 is 0 Å². The normalized spacial score (nSPS) is 25.4. The summed E-state index contributed by atoms with van der Waals surface area (Å²) in [6.07, 6.45) is -2.34. The number of hydrogen-bond acceptors (Lipinski definition) is 2. The van der Waals surface area contributed by atoms with Gasteiger partial charge in [0.05, 0.1) is 5.56 Å². The van der Waals surface area contributed by atoms with Crippen LogP contribution in [0.4, 0.5) is 19.0 Å². The summed E-state index contributed by atoms with van der Waals surface area (Å²) in [7, 11) is 0. The highest BCUT2D eigenvalue weighted by Crippen LogP contribution is 2.31. The SMILES string of the molecule is CC1CCN(c2ccc(C(F)(F)F)cn2)C1C. The van der Waals surface area contributed by atoms with Crippen LogP contribution in [0, 0.1) is 5.92 Å². The third kappa shape index (κ3) is 2.37. The van der Waals surface area contributed by atoms with Crippen molar-refractivity contribution in [2.24, 2.45) is 5.92 Å². The van der Waals surface area contributed by atoms with E-state index in [9.17, 15) is 13.2 Å². The number of rotatable bonds is 1. The minimum absolute atomic E-state index is 0.333. The van der Waals surface area contributed by atoms with Gasteiger partial charge in [-0.05, 0) is 31.4 Å². The van der Waals surface area contributed by atoms with Crippen LogP contribution in [0.5, 0.6) is 0 Å². The Balaban J connectivity index is 2.19. The first-order valence-electron chi connectivity index (χ1n) is 5.69. The van der Waals surface area contributed by atoms with Gasteiger partial charge in [-0.2, -0.15) is 13.2 Å². The lowest BCUT2D eigenvalue weighted by Crippen LogP contribution is -2.29. The van der Waals surface area contributed by atoms with Crippen molar-refractivity contribution < 1.29 is 13.2 Å². The summed E-state index contributed by atoms with van der Waals surface area (Å²) in [6, 6.07) is 2.88. The fourth-order valence-corrected chi connectivity index (χ4v) is 2.14. The fraction of sp³-hybridized carbons (Fsp3) is 0.583. The Bertz CT molecular complexity index is 386. The van der Waals surface area contributed by atoms with Gasteiger partial charge in [0.1, 0.15) is 5.82 Å². The number of nitrogens with zero attached hydrogens (tertiary/aromatic N) is 2. The van der Waals surface area contributed by atoms with Gasteiger partial charge in [-0.3, -0.25) is 0 Å². The van der Waals surface area contributed by atoms with Crippen LogP contribution in [0.1, 0.15) is 25.8 Å². The highest BCUT2D eigenvalue weighted by Gasteiger charge is 2.32. The van der Waals surface area contributed by atoms with Gasteiger partial charge in [0.25, 0.3) is 0 Å². The molecule has 0 bridgehead atoms. The van der Waals surface area contributed by atoms with Gasteiger partial charge in [0, 0.05) is 18.8 Å². The molecule has 1 aliphatic heterocycles. The summed E-state index contributed by atoms with van der Waals surface area (Å²) >= 11 is 0. The molecule has 1 aliphatic rings. The van der Waals surface area contributed by atoms with Gasteiger partial charge < -0.3 is 4.90 Å². The molecule has 0 amide bonds. The van der Waals surface area contributed by atoms with Gasteiger partial charge in [0.15, 0.2) is 0 Å². The minimum atomic E-state index is -4.31. The smallest absolute Gasteiger partial charge is 0.354 e. The lowest BCUT2D eigenvalue weighted by atomic mass is 10.1. The quantitative estimate of drug-likeness (QED) is 0.753. The largest absolute Gasteiger partial charge is 0.417 e. The summed E-state index contributed by atoms with van der Waals surface area (Å²) in [5.41, 5.74) is -0.693. The van der Waals surface area contributed by atoms with Crippen molar-refractivity contribution in [2.45, 2.75) is 32.5 Å². The molecule has 2 rings (SSSR count). The summed E-state index contributed by atoms with van der Waals surface area (Å²) in [5, 5.41) is 0. The Hall–Kier alpha value is -1.26. The number of halogens is 3. The van der Waals surface area contributed by atoms with Crippen molar-refractivity contribution in [1.29, 1.82) is 0 Å². The summed E-state index contributed by atoms with van der Waals surface area (Å²) in [4.78, 5) is 5.98. The van der Waals surface area contributed by atoms with Crippen LogP contribution in [-0.2, 0) is 6.18 Å². The molecule has 0 radical (unpaired) electrons. The summed E-state index contributed by atoms with van der Waals surface area (Å²) < 4.78 is 37.1. The predicted octanol–water partition coefficient (Wildman–Crippen LogP) is 3.34. The minimum Gasteiger partial charge on any atom is -0.354 e. The van der Waals surface area contributed by atoms with Crippen LogP contribution >= 0.6 is 0 Å². The van der Waals surface area contributed by atoms with Crippen LogP contribution in [0.3, 0.4) is 0 Å². The van der Waals surface area contributed by atoms with Gasteiger partial charge in [-0.15, -0.1) is 0 Å². The maximum Gasteiger partial charge on any atom is 0.417 e. The molecule has 1 aromatic rings. The van der Waals surface area contributed by atoms with Crippen LogP contribution in [-0.4, -0.2) is 17.6 Å². The van der Waals surface area contributed by atoms with Crippen molar-refractivity contribution in [1.82, 2.24) is 4.98 Å². The number of alkyl halides is 3. The molecule has 94 valence electrons. The molecular formula is C12H15F3N2. The molecule has 0 spiro atoms. The van der Waals surface area contributed by atoms with Crippen LogP contribution < -0.4 is 4.90 Å². The van der Waals surface area contributed by atoms with Crippen molar-refractivity contribution in [2.75, 3.05) is 11.4 Å². The molecule has 0 aliphatic carbocycles. The molecule has 2 atom stereocenters. The van der Waals surface area contributed by atoms with Crippen LogP contribution in [0.25, 0.3) is 0 Å². The topological polar surface area (TPSA) is 16.1 Å². The van der Waals surface area contributed by atoms with Crippen LogP contribution in [0.15, 0.2) is 18.3 Å². The molecule has 1 aromatic heterocycles. The third-order valence-corrected chi connectivity index (χ3v) is 3.51. The maximum absolute atomic E-state index is 12.4. The number of hydrogen-bond donors (Lipinski definition) is 0. The zero-order valence-corrected chi connectivity index (χ0v) is 9.83. The second-order valence-electron chi connectivity index (χ2n) is 4.60. The summed E-state index contributed by atoms with van der Waals surface area (Å²) in [6.45, 7) is 5.09.